The molecule has 14 heavy (non-hydrogen) atoms. The number of hydrogen-bond acceptors (Lipinski definition) is 5. The molecule has 0 bridgehead atoms. The van der Waals surface area contributed by atoms with Crippen molar-refractivity contribution in [3.05, 3.63) is 23.6 Å². The Balaban J connectivity index is 0.000000249. The molecule has 76 valence electrons. The zero-order chi connectivity index (χ0) is 10.8. The Morgan fingerprint density at radius 2 is 1.86 bits per heavy atom. The molecule has 0 aromatic rings. The van der Waals surface area contributed by atoms with Gasteiger partial charge in [0.25, 0.3) is 0 Å². The standard InChI is InChI=1S/C4H4O4.C3H3NOS/c5-3(6)1-2-4(7)8;1-2-4-5-6-3-1/h1-2H,(H,5,6)(H,7,8);1-3H/b2-1-;. The van der Waals surface area contributed by atoms with Crippen LogP contribution in [0.2, 0.25) is 0 Å². The van der Waals surface area contributed by atoms with E-state index in [2.05, 4.69) is 9.44 Å². The molecule has 1 aliphatic heterocycles. The molecule has 1 heterocycles. The first-order valence-electron chi connectivity index (χ1n) is 3.28. The van der Waals surface area contributed by atoms with Gasteiger partial charge in [-0.1, -0.05) is 5.16 Å². The fourth-order valence-electron chi connectivity index (χ4n) is 0.319. The molecule has 0 fully saturated rings. The van der Waals surface area contributed by atoms with Crippen LogP contribution in [-0.2, 0) is 13.9 Å². The SMILES string of the molecule is C1=CSON=C1.O=C(O)/C=C\C(=O)O. The van der Waals surface area contributed by atoms with E-state index < -0.39 is 11.9 Å². The molecule has 1 aliphatic rings. The van der Waals surface area contributed by atoms with Crippen LogP contribution in [0, 0.1) is 0 Å². The number of carboxylic acids is 2. The molecular formula is C7H7NO5S. The van der Waals surface area contributed by atoms with E-state index in [1.54, 1.807) is 6.21 Å². The van der Waals surface area contributed by atoms with E-state index in [4.69, 9.17) is 10.2 Å². The quantitative estimate of drug-likeness (QED) is 0.526. The molecule has 7 heteroatoms. The number of hydrogen-bond donors (Lipinski definition) is 2. The molecule has 0 amide bonds. The van der Waals surface area contributed by atoms with Crippen LogP contribution < -0.4 is 0 Å². The zero-order valence-electron chi connectivity index (χ0n) is 6.86. The Morgan fingerprint density at radius 1 is 1.29 bits per heavy atom. The molecule has 0 atom stereocenters. The van der Waals surface area contributed by atoms with Gasteiger partial charge in [0, 0.05) is 17.6 Å². The summed E-state index contributed by atoms with van der Waals surface area (Å²) in [5.41, 5.74) is 0. The average molecular weight is 217 g/mol. The normalized spacial score (nSPS) is 12.9. The third-order valence-electron chi connectivity index (χ3n) is 0.736. The van der Waals surface area contributed by atoms with Gasteiger partial charge < -0.3 is 14.5 Å². The molecule has 0 radical (unpaired) electrons. The minimum Gasteiger partial charge on any atom is -0.478 e. The summed E-state index contributed by atoms with van der Waals surface area (Å²) in [6.45, 7) is 0. The van der Waals surface area contributed by atoms with Gasteiger partial charge >= 0.3 is 11.9 Å². The van der Waals surface area contributed by atoms with Gasteiger partial charge in [0.05, 0.1) is 6.21 Å². The number of nitrogens with zero attached hydrogens (tertiary/aromatic N) is 1. The summed E-state index contributed by atoms with van der Waals surface area (Å²) < 4.78 is 4.47. The first kappa shape index (κ1) is 12.2. The molecule has 0 unspecified atom stereocenters. The molecular weight excluding hydrogens is 210 g/mol. The predicted molar refractivity (Wildman–Crippen MR) is 50.7 cm³/mol. The summed E-state index contributed by atoms with van der Waals surface area (Å²) in [6.07, 6.45) is 4.52. The summed E-state index contributed by atoms with van der Waals surface area (Å²) in [5.74, 6) is -2.51. The lowest BCUT2D eigenvalue weighted by molar-refractivity contribution is -0.134. The van der Waals surface area contributed by atoms with Crippen molar-refractivity contribution >= 4 is 30.2 Å². The van der Waals surface area contributed by atoms with E-state index in [0.29, 0.717) is 12.2 Å². The zero-order valence-corrected chi connectivity index (χ0v) is 7.68. The van der Waals surface area contributed by atoms with Gasteiger partial charge in [-0.25, -0.2) is 9.59 Å². The highest BCUT2D eigenvalue weighted by Crippen LogP contribution is 2.05. The van der Waals surface area contributed by atoms with E-state index in [1.807, 2.05) is 11.5 Å². The van der Waals surface area contributed by atoms with E-state index in [1.165, 1.54) is 12.0 Å². The van der Waals surface area contributed by atoms with E-state index >= 15 is 0 Å². The minimum atomic E-state index is -1.26. The monoisotopic (exact) mass is 217 g/mol. The average Bonchev–Trinajstić information content (AvgIpc) is 2.18. The van der Waals surface area contributed by atoms with Crippen LogP contribution >= 0.6 is 12.0 Å². The molecule has 0 aromatic heterocycles. The highest BCUT2D eigenvalue weighted by molar-refractivity contribution is 7.97. The molecule has 0 spiro atoms. The van der Waals surface area contributed by atoms with Crippen molar-refractivity contribution in [3.63, 3.8) is 0 Å². The van der Waals surface area contributed by atoms with Crippen molar-refractivity contribution in [3.8, 4) is 0 Å². The maximum Gasteiger partial charge on any atom is 0.328 e. The minimum absolute atomic E-state index is 0.558. The molecule has 0 aromatic carbocycles. The van der Waals surface area contributed by atoms with Crippen molar-refractivity contribution in [2.24, 2.45) is 5.16 Å². The van der Waals surface area contributed by atoms with Crippen LogP contribution in [0.3, 0.4) is 0 Å². The lowest BCUT2D eigenvalue weighted by atomic mass is 10.5. The Labute approximate surface area is 83.8 Å². The van der Waals surface area contributed by atoms with Gasteiger partial charge in [-0.3, -0.25) is 0 Å². The Hall–Kier alpha value is -1.76. The van der Waals surface area contributed by atoms with Gasteiger partial charge in [-0.15, -0.1) is 0 Å². The van der Waals surface area contributed by atoms with Crippen molar-refractivity contribution in [2.75, 3.05) is 0 Å². The van der Waals surface area contributed by atoms with Crippen LogP contribution in [0.15, 0.2) is 28.8 Å². The maximum atomic E-state index is 9.55. The van der Waals surface area contributed by atoms with E-state index in [0.717, 1.165) is 0 Å². The maximum absolute atomic E-state index is 9.55. The Kier molecular flexibility index (Phi) is 6.88. The van der Waals surface area contributed by atoms with Crippen molar-refractivity contribution < 1.29 is 24.1 Å². The fourth-order valence-corrected chi connectivity index (χ4v) is 0.603. The molecule has 2 N–H and O–H groups in total. The first-order chi connectivity index (χ1) is 6.63. The van der Waals surface area contributed by atoms with Crippen LogP contribution in [0.5, 0.6) is 0 Å². The van der Waals surface area contributed by atoms with E-state index in [9.17, 15) is 9.59 Å². The lowest BCUT2D eigenvalue weighted by Gasteiger charge is -1.89. The Bertz CT molecular complexity index is 256. The largest absolute Gasteiger partial charge is 0.478 e. The summed E-state index contributed by atoms with van der Waals surface area (Å²) in [4.78, 5) is 19.1. The smallest absolute Gasteiger partial charge is 0.328 e. The van der Waals surface area contributed by atoms with Crippen LogP contribution in [0.1, 0.15) is 0 Å². The van der Waals surface area contributed by atoms with E-state index in [-0.39, 0.29) is 0 Å². The topological polar surface area (TPSA) is 96.2 Å². The van der Waals surface area contributed by atoms with Crippen molar-refractivity contribution in [1.82, 2.24) is 0 Å². The number of carbonyl (C=O) groups is 2. The fraction of sp³-hybridized carbons (Fsp3) is 0. The summed E-state index contributed by atoms with van der Waals surface area (Å²) in [5, 5.41) is 20.9. The van der Waals surface area contributed by atoms with Crippen LogP contribution in [-0.4, -0.2) is 28.4 Å². The second-order valence-corrected chi connectivity index (χ2v) is 2.38. The third-order valence-corrected chi connectivity index (χ3v) is 1.18. The van der Waals surface area contributed by atoms with Gasteiger partial charge in [0.2, 0.25) is 0 Å². The number of rotatable bonds is 2. The lowest BCUT2D eigenvalue weighted by Crippen LogP contribution is -1.91. The molecule has 0 saturated carbocycles. The Morgan fingerprint density at radius 3 is 2.00 bits per heavy atom. The molecule has 0 saturated heterocycles. The molecule has 6 nitrogen and oxygen atoms in total. The molecule has 1 rings (SSSR count). The van der Waals surface area contributed by atoms with Gasteiger partial charge in [-0.2, -0.15) is 0 Å². The van der Waals surface area contributed by atoms with Crippen LogP contribution in [0.4, 0.5) is 0 Å². The number of carboxylic acid groups (broad SMARTS) is 2. The van der Waals surface area contributed by atoms with Gasteiger partial charge in [0.15, 0.2) is 0 Å². The highest BCUT2D eigenvalue weighted by Gasteiger charge is 1.88. The predicted octanol–water partition coefficient (Wildman–Crippen LogP) is 0.876. The number of allylic oxidation sites excluding steroid dienone is 1. The summed E-state index contributed by atoms with van der Waals surface area (Å²) in [7, 11) is 0. The second-order valence-electron chi connectivity index (χ2n) is 1.76. The third kappa shape index (κ3) is 10.2. The van der Waals surface area contributed by atoms with Gasteiger partial charge in [-0.05, 0) is 6.08 Å². The second kappa shape index (κ2) is 7.87. The number of oxime groups is 1. The highest BCUT2D eigenvalue weighted by atomic mass is 32.2. The summed E-state index contributed by atoms with van der Waals surface area (Å²) >= 11 is 1.22. The van der Waals surface area contributed by atoms with Crippen molar-refractivity contribution in [1.29, 1.82) is 0 Å². The first-order valence-corrected chi connectivity index (χ1v) is 4.08. The van der Waals surface area contributed by atoms with Crippen molar-refractivity contribution in [2.45, 2.75) is 0 Å². The summed E-state index contributed by atoms with van der Waals surface area (Å²) in [6, 6.07) is 0. The number of aliphatic carboxylic acids is 2. The molecule has 0 aliphatic carbocycles. The van der Waals surface area contributed by atoms with Crippen LogP contribution in [0.25, 0.3) is 0 Å². The van der Waals surface area contributed by atoms with Gasteiger partial charge in [0.1, 0.15) is 12.0 Å².